The van der Waals surface area contributed by atoms with E-state index in [9.17, 15) is 14.0 Å². The molecule has 0 spiro atoms. The fourth-order valence-corrected chi connectivity index (χ4v) is 8.74. The second-order valence-corrected chi connectivity index (χ2v) is 13.5. The number of hydrogen-bond acceptors (Lipinski definition) is 10. The molecule has 0 saturated carbocycles. The minimum atomic E-state index is -0.937. The summed E-state index contributed by atoms with van der Waals surface area (Å²) in [4.78, 5) is 13.5. The summed E-state index contributed by atoms with van der Waals surface area (Å²) < 4.78 is 64.9. The zero-order valence-corrected chi connectivity index (χ0v) is 25.6. The van der Waals surface area contributed by atoms with Crippen LogP contribution in [0.15, 0.2) is 12.1 Å². The van der Waals surface area contributed by atoms with Crippen molar-refractivity contribution in [3.05, 3.63) is 34.4 Å². The van der Waals surface area contributed by atoms with Gasteiger partial charge in [0.25, 0.3) is 0 Å². The zero-order chi connectivity index (χ0) is 31.0. The quantitative estimate of drug-likeness (QED) is 0.290. The van der Waals surface area contributed by atoms with Gasteiger partial charge in [-0.05, 0) is 37.4 Å². The number of thiophene rings is 1. The van der Waals surface area contributed by atoms with Gasteiger partial charge in [0.15, 0.2) is 11.6 Å². The first-order valence-electron chi connectivity index (χ1n) is 14.9. The van der Waals surface area contributed by atoms with Gasteiger partial charge in [-0.25, -0.2) is 13.2 Å². The van der Waals surface area contributed by atoms with Crippen LogP contribution >= 0.6 is 22.9 Å². The first-order chi connectivity index (χ1) is 21.8. The van der Waals surface area contributed by atoms with Crippen LogP contribution in [-0.2, 0) is 4.74 Å². The van der Waals surface area contributed by atoms with Crippen LogP contribution < -0.4 is 20.1 Å². The maximum Gasteiger partial charge on any atom is 0.319 e. The van der Waals surface area contributed by atoms with Crippen molar-refractivity contribution in [2.75, 3.05) is 56.7 Å². The number of rotatable bonds is 4. The van der Waals surface area contributed by atoms with E-state index in [1.54, 1.807) is 0 Å². The minimum Gasteiger partial charge on any atom is -0.489 e. The first-order valence-corrected chi connectivity index (χ1v) is 16.1. The highest BCUT2D eigenvalue weighted by atomic mass is 35.5. The summed E-state index contributed by atoms with van der Waals surface area (Å²) >= 11 is 7.90. The van der Waals surface area contributed by atoms with E-state index < -0.39 is 23.3 Å². The topological polar surface area (TPSA) is 110 Å². The number of anilines is 2. The van der Waals surface area contributed by atoms with Gasteiger partial charge in [-0.2, -0.15) is 15.2 Å². The van der Waals surface area contributed by atoms with Crippen molar-refractivity contribution in [2.45, 2.75) is 43.4 Å². The van der Waals surface area contributed by atoms with Crippen LogP contribution in [0.4, 0.5) is 24.0 Å². The summed E-state index contributed by atoms with van der Waals surface area (Å²) in [7, 11) is 0. The van der Waals surface area contributed by atoms with E-state index in [0.717, 1.165) is 30.7 Å². The first kappa shape index (κ1) is 28.9. The molecule has 45 heavy (non-hydrogen) atoms. The van der Waals surface area contributed by atoms with Gasteiger partial charge in [0, 0.05) is 37.1 Å². The summed E-state index contributed by atoms with van der Waals surface area (Å²) in [5.74, 6) is -0.807. The Bertz CT molecular complexity index is 1920. The van der Waals surface area contributed by atoms with Gasteiger partial charge in [0.2, 0.25) is 0 Å². The van der Waals surface area contributed by atoms with Gasteiger partial charge in [-0.1, -0.05) is 17.7 Å². The Kier molecular flexibility index (Phi) is 6.90. The van der Waals surface area contributed by atoms with E-state index >= 15 is 4.39 Å². The lowest BCUT2D eigenvalue weighted by molar-refractivity contribution is 0.107. The standard InChI is InChI=1S/C31H28ClF3N6O3S/c32-23-21(17-3-4-19(34)27-20(17)18(10-36)28(37)45-27)24(35)25-22-26(23)43-13-16-12-42-8-2-7-41(16)29(22)39-30(38-25)44-14-31-5-1-6-40(31)11-15(33)9-31/h3-4,15-16H,1-2,5-9,11-14,37H2/t15-,16+,31+/m1/s1. The molecule has 0 bridgehead atoms. The molecule has 4 aromatic rings. The van der Waals surface area contributed by atoms with Crippen molar-refractivity contribution in [2.24, 2.45) is 0 Å². The zero-order valence-electron chi connectivity index (χ0n) is 24.0. The molecular weight excluding hydrogens is 629 g/mol. The second-order valence-electron chi connectivity index (χ2n) is 12.1. The number of benzene rings is 2. The van der Waals surface area contributed by atoms with E-state index in [4.69, 9.17) is 36.5 Å². The van der Waals surface area contributed by atoms with Crippen LogP contribution in [0.1, 0.15) is 31.2 Å². The second kappa shape index (κ2) is 10.8. The molecule has 2 N–H and O–H groups in total. The highest BCUT2D eigenvalue weighted by molar-refractivity contribution is 7.23. The molecule has 2 aromatic heterocycles. The van der Waals surface area contributed by atoms with Crippen molar-refractivity contribution in [1.29, 1.82) is 5.26 Å². The van der Waals surface area contributed by atoms with Crippen LogP contribution in [0.3, 0.4) is 0 Å². The normalized spacial score (nSPS) is 24.6. The number of ether oxygens (including phenoxy) is 3. The molecule has 0 amide bonds. The van der Waals surface area contributed by atoms with Gasteiger partial charge in [-0.3, -0.25) is 4.90 Å². The molecule has 0 unspecified atom stereocenters. The molecule has 6 heterocycles. The molecule has 14 heteroatoms. The van der Waals surface area contributed by atoms with Gasteiger partial charge < -0.3 is 24.8 Å². The third-order valence-corrected chi connectivity index (χ3v) is 10.9. The Morgan fingerprint density at radius 3 is 2.91 bits per heavy atom. The summed E-state index contributed by atoms with van der Waals surface area (Å²) in [5, 5.41) is 10.4. The van der Waals surface area contributed by atoms with Crippen molar-refractivity contribution in [1.82, 2.24) is 14.9 Å². The molecule has 3 atom stereocenters. The fourth-order valence-electron chi connectivity index (χ4n) is 7.46. The maximum atomic E-state index is 17.0. The number of nitrogen functional groups attached to an aromatic ring is 1. The predicted octanol–water partition coefficient (Wildman–Crippen LogP) is 5.84. The number of nitriles is 1. The highest BCUT2D eigenvalue weighted by Gasteiger charge is 2.49. The van der Waals surface area contributed by atoms with Crippen LogP contribution in [-0.4, -0.2) is 78.7 Å². The third kappa shape index (κ3) is 4.40. The number of alkyl halides is 1. The molecule has 3 saturated heterocycles. The molecule has 4 aliphatic rings. The highest BCUT2D eigenvalue weighted by Crippen LogP contribution is 2.51. The molecule has 8 rings (SSSR count). The number of nitrogens with two attached hydrogens (primary N) is 1. The predicted molar refractivity (Wildman–Crippen MR) is 165 cm³/mol. The van der Waals surface area contributed by atoms with Gasteiger partial charge in [0.1, 0.15) is 47.6 Å². The molecule has 9 nitrogen and oxygen atoms in total. The fraction of sp³-hybridized carbons (Fsp3) is 0.452. The number of aromatic nitrogens is 2. The largest absolute Gasteiger partial charge is 0.489 e. The molecule has 2 aromatic carbocycles. The molecule has 234 valence electrons. The van der Waals surface area contributed by atoms with Gasteiger partial charge in [0.05, 0.1) is 38.9 Å². The lowest BCUT2D eigenvalue weighted by Gasteiger charge is -2.31. The van der Waals surface area contributed by atoms with Crippen molar-refractivity contribution in [3.63, 3.8) is 0 Å². The summed E-state index contributed by atoms with van der Waals surface area (Å²) in [6.07, 6.45) is 1.86. The minimum absolute atomic E-state index is 0.0351. The van der Waals surface area contributed by atoms with Crippen molar-refractivity contribution >= 4 is 54.7 Å². The lowest BCUT2D eigenvalue weighted by atomic mass is 9.95. The van der Waals surface area contributed by atoms with Crippen LogP contribution in [0, 0.1) is 23.0 Å². The van der Waals surface area contributed by atoms with E-state index in [1.807, 2.05) is 11.0 Å². The number of hydrogen-bond donors (Lipinski definition) is 1. The van der Waals surface area contributed by atoms with E-state index in [-0.39, 0.29) is 78.7 Å². The third-order valence-electron chi connectivity index (χ3n) is 9.50. The van der Waals surface area contributed by atoms with E-state index in [1.165, 1.54) is 12.1 Å². The average molecular weight is 657 g/mol. The van der Waals surface area contributed by atoms with Gasteiger partial charge in [-0.15, -0.1) is 11.3 Å². The van der Waals surface area contributed by atoms with E-state index in [2.05, 4.69) is 9.88 Å². The lowest BCUT2D eigenvalue weighted by Crippen LogP contribution is -2.43. The molecule has 0 radical (unpaired) electrons. The Hall–Kier alpha value is -3.57. The number of halogens is 4. The summed E-state index contributed by atoms with van der Waals surface area (Å²) in [5.41, 5.74) is 5.64. The Balaban J connectivity index is 1.35. The Labute approximate surface area is 265 Å². The number of fused-ring (bicyclic) bond motifs is 4. The van der Waals surface area contributed by atoms with Crippen LogP contribution in [0.2, 0.25) is 5.02 Å². The summed E-state index contributed by atoms with van der Waals surface area (Å²) in [6, 6.07) is 4.30. The van der Waals surface area contributed by atoms with Crippen molar-refractivity contribution in [3.8, 4) is 29.0 Å². The van der Waals surface area contributed by atoms with E-state index in [0.29, 0.717) is 45.0 Å². The molecule has 0 aliphatic carbocycles. The smallest absolute Gasteiger partial charge is 0.319 e. The Morgan fingerprint density at radius 1 is 1.20 bits per heavy atom. The molecule has 3 fully saturated rings. The van der Waals surface area contributed by atoms with Crippen LogP contribution in [0.5, 0.6) is 11.8 Å². The van der Waals surface area contributed by atoms with Gasteiger partial charge >= 0.3 is 6.01 Å². The average Bonchev–Trinajstić information content (AvgIpc) is 3.55. The molecular formula is C31H28ClF3N6O3S. The van der Waals surface area contributed by atoms with Crippen molar-refractivity contribution < 1.29 is 27.4 Å². The number of nitrogens with zero attached hydrogens (tertiary/aromatic N) is 5. The molecule has 4 aliphatic heterocycles. The Morgan fingerprint density at radius 2 is 2.07 bits per heavy atom. The SMILES string of the molecule is N#Cc1c(N)sc2c(F)ccc(-c3c(Cl)c4c5c(nc(OC[C@@]67CCCN6C[C@H](F)C7)nc5c3F)N3CCCOC[C@H]3CO4)c12. The van der Waals surface area contributed by atoms with Crippen LogP contribution in [0.25, 0.3) is 32.1 Å². The summed E-state index contributed by atoms with van der Waals surface area (Å²) in [6.45, 7) is 2.98. The maximum absolute atomic E-state index is 17.0. The monoisotopic (exact) mass is 656 g/mol.